The molecule has 2 rings (SSSR count). The highest BCUT2D eigenvalue weighted by atomic mass is 16.4. The molecule has 1 aromatic carbocycles. The Bertz CT molecular complexity index is 464. The van der Waals surface area contributed by atoms with Gasteiger partial charge in [0.1, 0.15) is 12.2 Å². The van der Waals surface area contributed by atoms with E-state index in [4.69, 9.17) is 5.11 Å². The van der Waals surface area contributed by atoms with E-state index in [-0.39, 0.29) is 11.7 Å². The van der Waals surface area contributed by atoms with E-state index < -0.39 is 12.4 Å². The van der Waals surface area contributed by atoms with Crippen molar-refractivity contribution in [3.05, 3.63) is 24.3 Å². The van der Waals surface area contributed by atoms with Gasteiger partial charge in [-0.3, -0.25) is 9.59 Å². The molecule has 0 aromatic heterocycles. The summed E-state index contributed by atoms with van der Waals surface area (Å²) < 4.78 is 0. The van der Waals surface area contributed by atoms with E-state index in [1.165, 1.54) is 0 Å². The molecule has 1 aliphatic heterocycles. The van der Waals surface area contributed by atoms with E-state index in [2.05, 4.69) is 4.90 Å². The van der Waals surface area contributed by atoms with Gasteiger partial charge in [-0.25, -0.2) is 0 Å². The first-order chi connectivity index (χ1) is 9.06. The molecule has 1 amide bonds. The molecule has 0 radical (unpaired) electrons. The summed E-state index contributed by atoms with van der Waals surface area (Å²) in [7, 11) is 0. The predicted octanol–water partition coefficient (Wildman–Crippen LogP) is 0.516. The van der Waals surface area contributed by atoms with Crippen LogP contribution in [-0.4, -0.2) is 53.2 Å². The van der Waals surface area contributed by atoms with Gasteiger partial charge in [-0.2, -0.15) is 0 Å². The van der Waals surface area contributed by atoms with E-state index in [0.29, 0.717) is 26.2 Å². The number of carbonyl (C=O) groups is 2. The lowest BCUT2D eigenvalue weighted by molar-refractivity contribution is -0.144. The lowest BCUT2D eigenvalue weighted by Crippen LogP contribution is -2.49. The van der Waals surface area contributed by atoms with Crippen LogP contribution < -0.4 is 4.90 Å². The molecule has 0 aliphatic carbocycles. The smallest absolute Gasteiger partial charge is 0.312 e. The summed E-state index contributed by atoms with van der Waals surface area (Å²) in [5.74, 6) is -1.21. The highest BCUT2D eigenvalue weighted by Gasteiger charge is 2.22. The molecule has 1 aliphatic rings. The number of benzene rings is 1. The van der Waals surface area contributed by atoms with Crippen LogP contribution >= 0.6 is 0 Å². The van der Waals surface area contributed by atoms with Gasteiger partial charge >= 0.3 is 5.97 Å². The number of aliphatic carboxylic acids is 1. The molecule has 0 saturated carbocycles. The maximum absolute atomic E-state index is 11.6. The predicted molar refractivity (Wildman–Crippen MR) is 69.2 cm³/mol. The number of anilines is 1. The van der Waals surface area contributed by atoms with Crippen molar-refractivity contribution in [3.8, 4) is 5.75 Å². The summed E-state index contributed by atoms with van der Waals surface area (Å²) >= 11 is 0. The first kappa shape index (κ1) is 13.2. The topological polar surface area (TPSA) is 81.1 Å². The fraction of sp³-hybridized carbons (Fsp3) is 0.385. The zero-order chi connectivity index (χ0) is 13.8. The molecular weight excluding hydrogens is 248 g/mol. The van der Waals surface area contributed by atoms with Crippen LogP contribution in [0.1, 0.15) is 6.42 Å². The lowest BCUT2D eigenvalue weighted by Gasteiger charge is -2.36. The summed E-state index contributed by atoms with van der Waals surface area (Å²) in [6, 6.07) is 6.89. The van der Waals surface area contributed by atoms with Crippen molar-refractivity contribution in [2.24, 2.45) is 0 Å². The normalized spacial score (nSPS) is 15.4. The van der Waals surface area contributed by atoms with Crippen LogP contribution in [0, 0.1) is 0 Å². The Balaban J connectivity index is 1.90. The van der Waals surface area contributed by atoms with E-state index in [1.807, 2.05) is 12.1 Å². The third-order valence-electron chi connectivity index (χ3n) is 3.15. The number of phenolic OH excluding ortho intramolecular Hbond substituents is 1. The number of nitrogens with zero attached hydrogens (tertiary/aromatic N) is 2. The highest BCUT2D eigenvalue weighted by Crippen LogP contribution is 2.19. The van der Waals surface area contributed by atoms with Gasteiger partial charge in [0, 0.05) is 31.9 Å². The molecule has 1 heterocycles. The number of phenols is 1. The number of hydrogen-bond acceptors (Lipinski definition) is 4. The average Bonchev–Trinajstić information content (AvgIpc) is 2.39. The number of carboxylic acids is 1. The number of carboxylic acid groups (broad SMARTS) is 1. The molecule has 0 spiro atoms. The van der Waals surface area contributed by atoms with Gasteiger partial charge in [-0.1, -0.05) is 0 Å². The zero-order valence-electron chi connectivity index (χ0n) is 10.5. The summed E-state index contributed by atoms with van der Waals surface area (Å²) in [4.78, 5) is 25.8. The van der Waals surface area contributed by atoms with Crippen molar-refractivity contribution >= 4 is 17.6 Å². The van der Waals surface area contributed by atoms with Crippen molar-refractivity contribution in [2.75, 3.05) is 31.1 Å². The number of carbonyl (C=O) groups excluding carboxylic acids is 1. The largest absolute Gasteiger partial charge is 0.508 e. The molecule has 0 bridgehead atoms. The van der Waals surface area contributed by atoms with Gasteiger partial charge in [-0.05, 0) is 24.3 Å². The molecule has 6 heteroatoms. The molecule has 0 unspecified atom stereocenters. The highest BCUT2D eigenvalue weighted by molar-refractivity contribution is 5.93. The Morgan fingerprint density at radius 2 is 1.63 bits per heavy atom. The van der Waals surface area contributed by atoms with Gasteiger partial charge < -0.3 is 20.0 Å². The summed E-state index contributed by atoms with van der Waals surface area (Å²) in [5.41, 5.74) is 0.989. The number of rotatable bonds is 3. The molecule has 1 fully saturated rings. The molecule has 2 N–H and O–H groups in total. The first-order valence-corrected chi connectivity index (χ1v) is 6.10. The van der Waals surface area contributed by atoms with Crippen LogP contribution in [0.3, 0.4) is 0 Å². The van der Waals surface area contributed by atoms with Crippen LogP contribution in [0.25, 0.3) is 0 Å². The van der Waals surface area contributed by atoms with E-state index in [1.54, 1.807) is 17.0 Å². The minimum Gasteiger partial charge on any atom is -0.508 e. The maximum atomic E-state index is 11.6. The zero-order valence-corrected chi connectivity index (χ0v) is 10.5. The summed E-state index contributed by atoms with van der Waals surface area (Å²) in [6.45, 7) is 2.37. The van der Waals surface area contributed by atoms with Gasteiger partial charge in [0.05, 0.1) is 0 Å². The molecule has 1 aromatic rings. The standard InChI is InChI=1S/C13H16N2O4/c16-11-3-1-10(2-4-11)14-5-7-15(8-6-14)12(17)9-13(18)19/h1-4,16H,5-9H2,(H,18,19). The molecule has 6 nitrogen and oxygen atoms in total. The Morgan fingerprint density at radius 3 is 2.16 bits per heavy atom. The fourth-order valence-corrected chi connectivity index (χ4v) is 2.12. The van der Waals surface area contributed by atoms with Crippen LogP contribution in [0.15, 0.2) is 24.3 Å². The minimum atomic E-state index is -1.09. The summed E-state index contributed by atoms with van der Waals surface area (Å²) in [5, 5.41) is 17.8. The Labute approximate surface area is 110 Å². The Kier molecular flexibility index (Phi) is 3.89. The second kappa shape index (κ2) is 5.60. The molecule has 0 atom stereocenters. The third-order valence-corrected chi connectivity index (χ3v) is 3.15. The van der Waals surface area contributed by atoms with Gasteiger partial charge in [0.2, 0.25) is 5.91 Å². The van der Waals surface area contributed by atoms with Crippen LogP contribution in [0.2, 0.25) is 0 Å². The number of aromatic hydroxyl groups is 1. The third kappa shape index (κ3) is 3.37. The molecule has 102 valence electrons. The van der Waals surface area contributed by atoms with Crippen molar-refractivity contribution in [1.82, 2.24) is 4.90 Å². The average molecular weight is 264 g/mol. The molecular formula is C13H16N2O4. The quantitative estimate of drug-likeness (QED) is 0.778. The number of piperazine rings is 1. The molecule has 1 saturated heterocycles. The Hall–Kier alpha value is -2.24. The van der Waals surface area contributed by atoms with Crippen molar-refractivity contribution < 1.29 is 19.8 Å². The first-order valence-electron chi connectivity index (χ1n) is 6.10. The van der Waals surface area contributed by atoms with Crippen molar-refractivity contribution in [1.29, 1.82) is 0 Å². The number of hydrogen-bond donors (Lipinski definition) is 2. The monoisotopic (exact) mass is 264 g/mol. The Morgan fingerprint density at radius 1 is 1.05 bits per heavy atom. The van der Waals surface area contributed by atoms with E-state index >= 15 is 0 Å². The minimum absolute atomic E-state index is 0.221. The lowest BCUT2D eigenvalue weighted by atomic mass is 10.2. The van der Waals surface area contributed by atoms with Gasteiger partial charge in [0.15, 0.2) is 0 Å². The van der Waals surface area contributed by atoms with Crippen molar-refractivity contribution in [2.45, 2.75) is 6.42 Å². The van der Waals surface area contributed by atoms with Gasteiger partial charge in [0.25, 0.3) is 0 Å². The second-order valence-corrected chi connectivity index (χ2v) is 4.45. The van der Waals surface area contributed by atoms with Gasteiger partial charge in [-0.15, -0.1) is 0 Å². The van der Waals surface area contributed by atoms with Crippen LogP contribution in [0.5, 0.6) is 5.75 Å². The molecule has 19 heavy (non-hydrogen) atoms. The van der Waals surface area contributed by atoms with Crippen LogP contribution in [-0.2, 0) is 9.59 Å². The number of amides is 1. The van der Waals surface area contributed by atoms with Crippen LogP contribution in [0.4, 0.5) is 5.69 Å². The van der Waals surface area contributed by atoms with E-state index in [9.17, 15) is 14.7 Å². The fourth-order valence-electron chi connectivity index (χ4n) is 2.12. The van der Waals surface area contributed by atoms with E-state index in [0.717, 1.165) is 5.69 Å². The second-order valence-electron chi connectivity index (χ2n) is 4.45. The maximum Gasteiger partial charge on any atom is 0.312 e. The SMILES string of the molecule is O=C(O)CC(=O)N1CCN(c2ccc(O)cc2)CC1. The van der Waals surface area contributed by atoms with Crippen molar-refractivity contribution in [3.63, 3.8) is 0 Å². The summed E-state index contributed by atoms with van der Waals surface area (Å²) in [6.07, 6.45) is -0.445.